The molecule has 0 aromatic rings. The third-order valence-corrected chi connectivity index (χ3v) is 3.33. The van der Waals surface area contributed by atoms with Crippen LogP contribution in [-0.2, 0) is 13.6 Å². The third kappa shape index (κ3) is 5.50. The van der Waals surface area contributed by atoms with E-state index in [0.29, 0.717) is 6.54 Å². The lowest BCUT2D eigenvalue weighted by Crippen LogP contribution is -2.31. The minimum Gasteiger partial charge on any atom is -0.348 e. The molecule has 2 unspecified atom stereocenters. The van der Waals surface area contributed by atoms with Gasteiger partial charge < -0.3 is 9.79 Å². The Hall–Kier alpha value is -0.610. The Kier molecular flexibility index (Phi) is 4.55. The summed E-state index contributed by atoms with van der Waals surface area (Å²) in [6.07, 6.45) is 6.98. The van der Waals surface area contributed by atoms with Crippen LogP contribution in [0.5, 0.6) is 0 Å². The van der Waals surface area contributed by atoms with Gasteiger partial charge in [0.1, 0.15) is 6.23 Å². The van der Waals surface area contributed by atoms with E-state index in [1.165, 1.54) is 0 Å². The second-order valence-corrected chi connectivity index (χ2v) is 6.17. The van der Waals surface area contributed by atoms with Crippen molar-refractivity contribution in [3.63, 3.8) is 0 Å². The topological polar surface area (TPSA) is 59.0 Å². The summed E-state index contributed by atoms with van der Waals surface area (Å²) in [7, 11) is -4.04. The van der Waals surface area contributed by atoms with E-state index in [2.05, 4.69) is 0 Å². The zero-order chi connectivity index (χ0) is 13.1. The van der Waals surface area contributed by atoms with Gasteiger partial charge in [-0.15, -0.1) is 0 Å². The molecule has 1 aliphatic rings. The number of nitrogens with zero attached hydrogens (tertiary/aromatic N) is 1. The van der Waals surface area contributed by atoms with Crippen molar-refractivity contribution in [1.82, 2.24) is 4.90 Å². The van der Waals surface area contributed by atoms with Gasteiger partial charge in [-0.25, -0.2) is 4.57 Å². The average Bonchev–Trinajstić information content (AvgIpc) is 2.14. The number of phosphoric acid groups is 1. The SMILES string of the molecule is CC(OP(=O)(O)OC(C)(C)C)N1C=CC=CC1. The highest BCUT2D eigenvalue weighted by molar-refractivity contribution is 7.47. The second-order valence-electron chi connectivity index (χ2n) is 4.84. The predicted octanol–water partition coefficient (Wildman–Crippen LogP) is 2.65. The molecule has 0 aromatic heterocycles. The van der Waals surface area contributed by atoms with Gasteiger partial charge in [-0.1, -0.05) is 12.2 Å². The van der Waals surface area contributed by atoms with Gasteiger partial charge in [-0.2, -0.15) is 0 Å². The summed E-state index contributed by atoms with van der Waals surface area (Å²) < 4.78 is 21.8. The van der Waals surface area contributed by atoms with Crippen LogP contribution >= 0.6 is 7.82 Å². The minimum atomic E-state index is -4.04. The van der Waals surface area contributed by atoms with Crippen molar-refractivity contribution in [1.29, 1.82) is 0 Å². The van der Waals surface area contributed by atoms with E-state index in [9.17, 15) is 9.46 Å². The molecule has 0 saturated carbocycles. The van der Waals surface area contributed by atoms with Gasteiger partial charge in [0.05, 0.1) is 5.60 Å². The number of hydrogen-bond acceptors (Lipinski definition) is 4. The number of phosphoric ester groups is 1. The van der Waals surface area contributed by atoms with Crippen LogP contribution < -0.4 is 0 Å². The lowest BCUT2D eigenvalue weighted by atomic mass is 10.2. The molecular formula is C11H20NO4P. The zero-order valence-corrected chi connectivity index (χ0v) is 11.6. The smallest absolute Gasteiger partial charge is 0.348 e. The van der Waals surface area contributed by atoms with Gasteiger partial charge in [0.25, 0.3) is 0 Å². The van der Waals surface area contributed by atoms with Gasteiger partial charge in [0.15, 0.2) is 0 Å². The van der Waals surface area contributed by atoms with E-state index < -0.39 is 19.7 Å². The molecule has 0 fully saturated rings. The molecule has 0 aliphatic carbocycles. The summed E-state index contributed by atoms with van der Waals surface area (Å²) in [6, 6.07) is 0. The summed E-state index contributed by atoms with van der Waals surface area (Å²) in [6.45, 7) is 7.46. The van der Waals surface area contributed by atoms with Crippen molar-refractivity contribution in [2.24, 2.45) is 0 Å². The Morgan fingerprint density at radius 2 is 2.06 bits per heavy atom. The maximum Gasteiger partial charge on any atom is 0.474 e. The molecule has 5 nitrogen and oxygen atoms in total. The molecule has 0 spiro atoms. The fourth-order valence-corrected chi connectivity index (χ4v) is 2.61. The second kappa shape index (κ2) is 5.36. The molecule has 6 heteroatoms. The van der Waals surface area contributed by atoms with Gasteiger partial charge in [-0.05, 0) is 33.8 Å². The van der Waals surface area contributed by atoms with Crippen molar-refractivity contribution < 1.29 is 18.5 Å². The fraction of sp³-hybridized carbons (Fsp3) is 0.636. The summed E-state index contributed by atoms with van der Waals surface area (Å²) in [4.78, 5) is 11.4. The maximum absolute atomic E-state index is 11.7. The lowest BCUT2D eigenvalue weighted by molar-refractivity contribution is 0.00717. The van der Waals surface area contributed by atoms with Crippen molar-refractivity contribution in [2.45, 2.75) is 39.5 Å². The predicted molar refractivity (Wildman–Crippen MR) is 66.2 cm³/mol. The number of allylic oxidation sites excluding steroid dienone is 2. The molecule has 0 saturated heterocycles. The van der Waals surface area contributed by atoms with Crippen molar-refractivity contribution in [2.75, 3.05) is 6.54 Å². The first-order chi connectivity index (χ1) is 7.70. The Morgan fingerprint density at radius 1 is 1.41 bits per heavy atom. The van der Waals surface area contributed by atoms with Crippen molar-refractivity contribution in [3.8, 4) is 0 Å². The minimum absolute atomic E-state index is 0.519. The van der Waals surface area contributed by atoms with Crippen LogP contribution in [0.4, 0.5) is 0 Å². The summed E-state index contributed by atoms with van der Waals surface area (Å²) in [5, 5.41) is 0. The van der Waals surface area contributed by atoms with Gasteiger partial charge in [0, 0.05) is 12.7 Å². The van der Waals surface area contributed by atoms with Crippen LogP contribution in [0.15, 0.2) is 24.4 Å². The first kappa shape index (κ1) is 14.5. The Morgan fingerprint density at radius 3 is 2.53 bits per heavy atom. The van der Waals surface area contributed by atoms with Crippen molar-refractivity contribution in [3.05, 3.63) is 24.4 Å². The van der Waals surface area contributed by atoms with E-state index >= 15 is 0 Å². The normalized spacial score (nSPS) is 21.4. The Bertz CT molecular complexity index is 359. The number of rotatable bonds is 4. The maximum atomic E-state index is 11.7. The van der Waals surface area contributed by atoms with Crippen LogP contribution in [0.3, 0.4) is 0 Å². The molecule has 98 valence electrons. The van der Waals surface area contributed by atoms with E-state index in [1.807, 2.05) is 24.4 Å². The monoisotopic (exact) mass is 261 g/mol. The largest absolute Gasteiger partial charge is 0.474 e. The summed E-state index contributed by atoms with van der Waals surface area (Å²) in [5.41, 5.74) is -0.721. The molecule has 0 aromatic carbocycles. The Balaban J connectivity index is 2.55. The standard InChI is InChI=1S/C11H20NO4P/c1-10(12-8-6-5-7-9-12)15-17(13,14)16-11(2,3)4/h5-8,10H,9H2,1-4H3,(H,13,14). The summed E-state index contributed by atoms with van der Waals surface area (Å²) >= 11 is 0. The van der Waals surface area contributed by atoms with E-state index in [0.717, 1.165) is 0 Å². The third-order valence-electron chi connectivity index (χ3n) is 1.98. The first-order valence-electron chi connectivity index (χ1n) is 5.51. The van der Waals surface area contributed by atoms with E-state index in [-0.39, 0.29) is 0 Å². The average molecular weight is 261 g/mol. The van der Waals surface area contributed by atoms with Crippen LogP contribution in [0, 0.1) is 0 Å². The molecule has 2 atom stereocenters. The molecule has 1 aliphatic heterocycles. The molecule has 1 rings (SSSR count). The van der Waals surface area contributed by atoms with Gasteiger partial charge in [0.2, 0.25) is 0 Å². The highest BCUT2D eigenvalue weighted by atomic mass is 31.2. The van der Waals surface area contributed by atoms with E-state index in [1.54, 1.807) is 32.6 Å². The van der Waals surface area contributed by atoms with Crippen LogP contribution in [-0.4, -0.2) is 28.2 Å². The number of hydrogen-bond donors (Lipinski definition) is 1. The van der Waals surface area contributed by atoms with Gasteiger partial charge >= 0.3 is 7.82 Å². The Labute approximate surface area is 102 Å². The first-order valence-corrected chi connectivity index (χ1v) is 7.00. The van der Waals surface area contributed by atoms with E-state index in [4.69, 9.17) is 9.05 Å². The molecule has 0 amide bonds. The van der Waals surface area contributed by atoms with Crippen LogP contribution in [0.1, 0.15) is 27.7 Å². The molecule has 1 heterocycles. The van der Waals surface area contributed by atoms with Gasteiger partial charge in [-0.3, -0.25) is 9.05 Å². The quantitative estimate of drug-likeness (QED) is 0.788. The highest BCUT2D eigenvalue weighted by Crippen LogP contribution is 2.48. The molecule has 0 radical (unpaired) electrons. The molecule has 1 N–H and O–H groups in total. The van der Waals surface area contributed by atoms with Crippen LogP contribution in [0.25, 0.3) is 0 Å². The zero-order valence-electron chi connectivity index (χ0n) is 10.7. The van der Waals surface area contributed by atoms with Crippen molar-refractivity contribution >= 4 is 7.82 Å². The fourth-order valence-electron chi connectivity index (χ4n) is 1.37. The molecule has 17 heavy (non-hydrogen) atoms. The van der Waals surface area contributed by atoms with Crippen LogP contribution in [0.2, 0.25) is 0 Å². The molecule has 0 bridgehead atoms. The highest BCUT2D eigenvalue weighted by Gasteiger charge is 2.31. The summed E-state index contributed by atoms with van der Waals surface area (Å²) in [5.74, 6) is 0. The molecular weight excluding hydrogens is 241 g/mol. The lowest BCUT2D eigenvalue weighted by Gasteiger charge is -2.30.